The quantitative estimate of drug-likeness (QED) is 0.537. The topological polar surface area (TPSA) is 83.3 Å². The molecule has 0 unspecified atom stereocenters. The minimum atomic E-state index is -0.456. The highest BCUT2D eigenvalue weighted by atomic mass is 32.2. The number of carbonyl (C=O) groups excluding carboxylic acids is 1. The van der Waals surface area contributed by atoms with Crippen LogP contribution in [0.3, 0.4) is 0 Å². The predicted molar refractivity (Wildman–Crippen MR) is 50.5 cm³/mol. The molecule has 13 heavy (non-hydrogen) atoms. The summed E-state index contributed by atoms with van der Waals surface area (Å²) in [5.41, 5.74) is 6.76. The van der Waals surface area contributed by atoms with Crippen LogP contribution in [0.15, 0.2) is 12.3 Å². The van der Waals surface area contributed by atoms with Crippen LogP contribution in [0.5, 0.6) is 0 Å². The van der Waals surface area contributed by atoms with E-state index in [-0.39, 0.29) is 0 Å². The molecule has 72 valence electrons. The first kappa shape index (κ1) is 10.1. The average molecular weight is 201 g/mol. The number of hydrogen-bond acceptors (Lipinski definition) is 5. The fourth-order valence-corrected chi connectivity index (χ4v) is 1.20. The molecular weight excluding hydrogens is 190 g/mol. The van der Waals surface area contributed by atoms with E-state index in [1.165, 1.54) is 0 Å². The van der Waals surface area contributed by atoms with Crippen LogP contribution in [0.1, 0.15) is 16.1 Å². The zero-order valence-corrected chi connectivity index (χ0v) is 8.00. The van der Waals surface area contributed by atoms with Crippen LogP contribution in [0.2, 0.25) is 0 Å². The molecule has 0 aliphatic heterocycles. The van der Waals surface area contributed by atoms with Crippen molar-refractivity contribution in [3.05, 3.63) is 23.5 Å². The maximum absolute atomic E-state index is 11.1. The summed E-state index contributed by atoms with van der Waals surface area (Å²) in [5, 5.41) is 4.99. The second-order valence-corrected chi connectivity index (χ2v) is 2.86. The number of carbonyl (C=O) groups is 1. The Morgan fingerprint density at radius 2 is 2.46 bits per heavy atom. The second-order valence-electron chi connectivity index (χ2n) is 2.50. The number of rotatable bonds is 3. The molecule has 0 atom stereocenters. The molecule has 0 aliphatic carbocycles. The Kier molecular flexibility index (Phi) is 3.35. The number of aryl methyl sites for hydroxylation is 1. The first-order valence-corrected chi connectivity index (χ1v) is 4.42. The van der Waals surface area contributed by atoms with Gasteiger partial charge >= 0.3 is 5.97 Å². The van der Waals surface area contributed by atoms with Crippen molar-refractivity contribution in [1.29, 1.82) is 0 Å². The lowest BCUT2D eigenvalue weighted by molar-refractivity contribution is 0.0768. The Morgan fingerprint density at radius 1 is 1.77 bits per heavy atom. The second kappa shape index (κ2) is 4.31. The summed E-state index contributed by atoms with van der Waals surface area (Å²) in [6.45, 7) is 0.388. The Bertz CT molecular complexity index is 311. The van der Waals surface area contributed by atoms with Crippen molar-refractivity contribution < 1.29 is 8.98 Å². The van der Waals surface area contributed by atoms with E-state index in [9.17, 15) is 4.79 Å². The molecule has 0 radical (unpaired) electrons. The Balaban J connectivity index is 2.84. The molecule has 0 amide bonds. The number of aromatic nitrogens is 1. The van der Waals surface area contributed by atoms with Crippen molar-refractivity contribution in [2.75, 3.05) is 0 Å². The summed E-state index contributed by atoms with van der Waals surface area (Å²) >= 11 is 0.537. The highest BCUT2D eigenvalue weighted by molar-refractivity contribution is 7.92. The van der Waals surface area contributed by atoms with Crippen molar-refractivity contribution in [3.8, 4) is 0 Å². The van der Waals surface area contributed by atoms with E-state index in [4.69, 9.17) is 10.9 Å². The lowest BCUT2D eigenvalue weighted by Gasteiger charge is -1.95. The van der Waals surface area contributed by atoms with Gasteiger partial charge in [-0.2, -0.15) is 0 Å². The Labute approximate surface area is 80.4 Å². The first-order chi connectivity index (χ1) is 6.19. The lowest BCUT2D eigenvalue weighted by atomic mass is 10.3. The van der Waals surface area contributed by atoms with Crippen molar-refractivity contribution in [1.82, 2.24) is 4.57 Å². The third-order valence-corrected chi connectivity index (χ3v) is 1.92. The van der Waals surface area contributed by atoms with E-state index in [0.717, 1.165) is 5.69 Å². The summed E-state index contributed by atoms with van der Waals surface area (Å²) in [5.74, 6) is -0.456. The first-order valence-electron chi connectivity index (χ1n) is 3.62. The van der Waals surface area contributed by atoms with Crippen LogP contribution in [-0.2, 0) is 17.8 Å². The normalized spacial score (nSPS) is 10.1. The standard InChI is InChI=1S/C7H11N3O2S/c1-10-4-5(2-6(10)3-8)7(11)12-13-9/h2,4H,3,8-9H2,1H3. The number of hydrogen-bond donors (Lipinski definition) is 2. The van der Waals surface area contributed by atoms with Crippen LogP contribution >= 0.6 is 12.2 Å². The molecule has 0 spiro atoms. The molecule has 1 heterocycles. The van der Waals surface area contributed by atoms with E-state index in [2.05, 4.69) is 4.18 Å². The molecular formula is C7H11N3O2S. The predicted octanol–water partition coefficient (Wildman–Crippen LogP) is 0.162. The molecule has 1 rings (SSSR count). The highest BCUT2D eigenvalue weighted by Crippen LogP contribution is 2.09. The van der Waals surface area contributed by atoms with E-state index < -0.39 is 5.97 Å². The summed E-state index contributed by atoms with van der Waals surface area (Å²) in [4.78, 5) is 11.1. The molecule has 1 aromatic heterocycles. The molecule has 0 saturated heterocycles. The summed E-state index contributed by atoms with van der Waals surface area (Å²) < 4.78 is 6.32. The van der Waals surface area contributed by atoms with Crippen LogP contribution < -0.4 is 10.9 Å². The fraction of sp³-hybridized carbons (Fsp3) is 0.286. The Morgan fingerprint density at radius 3 is 2.92 bits per heavy atom. The lowest BCUT2D eigenvalue weighted by Crippen LogP contribution is -2.01. The van der Waals surface area contributed by atoms with Crippen molar-refractivity contribution >= 4 is 18.2 Å². The molecule has 4 N–H and O–H groups in total. The van der Waals surface area contributed by atoms with Gasteiger partial charge in [-0.3, -0.25) is 0 Å². The molecule has 0 saturated carbocycles. The monoisotopic (exact) mass is 201 g/mol. The van der Waals surface area contributed by atoms with Gasteiger partial charge in [-0.25, -0.2) is 9.93 Å². The van der Waals surface area contributed by atoms with Gasteiger partial charge in [0.15, 0.2) is 0 Å². The van der Waals surface area contributed by atoms with Crippen molar-refractivity contribution in [3.63, 3.8) is 0 Å². The van der Waals surface area contributed by atoms with Crippen molar-refractivity contribution in [2.24, 2.45) is 17.9 Å². The fourth-order valence-electron chi connectivity index (χ4n) is 1.02. The molecule has 0 aliphatic rings. The van der Waals surface area contributed by atoms with Crippen LogP contribution in [0.4, 0.5) is 0 Å². The minimum Gasteiger partial charge on any atom is -0.371 e. The molecule has 5 nitrogen and oxygen atoms in total. The van der Waals surface area contributed by atoms with Gasteiger partial charge in [0.2, 0.25) is 0 Å². The largest absolute Gasteiger partial charge is 0.371 e. The Hall–Kier alpha value is -0.980. The van der Waals surface area contributed by atoms with Crippen LogP contribution in [0.25, 0.3) is 0 Å². The van der Waals surface area contributed by atoms with E-state index in [0.29, 0.717) is 24.3 Å². The van der Waals surface area contributed by atoms with Gasteiger partial charge in [0.1, 0.15) is 12.2 Å². The minimum absolute atomic E-state index is 0.388. The molecule has 6 heteroatoms. The van der Waals surface area contributed by atoms with Crippen molar-refractivity contribution in [2.45, 2.75) is 6.54 Å². The SMILES string of the molecule is Cn1cc(C(=O)OSN)cc1CN. The molecule has 0 bridgehead atoms. The molecule has 1 aromatic rings. The third-order valence-electron chi connectivity index (χ3n) is 1.68. The number of nitrogens with two attached hydrogens (primary N) is 2. The maximum Gasteiger partial charge on any atom is 0.352 e. The summed E-state index contributed by atoms with van der Waals surface area (Å²) in [6.07, 6.45) is 1.65. The van der Waals surface area contributed by atoms with Crippen LogP contribution in [-0.4, -0.2) is 10.5 Å². The highest BCUT2D eigenvalue weighted by Gasteiger charge is 2.10. The van der Waals surface area contributed by atoms with Crippen LogP contribution in [0, 0.1) is 0 Å². The maximum atomic E-state index is 11.1. The number of nitrogens with zero attached hydrogens (tertiary/aromatic N) is 1. The van der Waals surface area contributed by atoms with Gasteiger partial charge in [0.25, 0.3) is 0 Å². The van der Waals surface area contributed by atoms with Gasteiger partial charge in [-0.1, -0.05) is 0 Å². The van der Waals surface area contributed by atoms with E-state index in [1.807, 2.05) is 7.05 Å². The molecule has 0 fully saturated rings. The van der Waals surface area contributed by atoms with Gasteiger partial charge in [0, 0.05) is 25.5 Å². The summed E-state index contributed by atoms with van der Waals surface area (Å²) in [6, 6.07) is 1.68. The van der Waals surface area contributed by atoms with E-state index >= 15 is 0 Å². The zero-order valence-electron chi connectivity index (χ0n) is 7.19. The molecule has 0 aromatic carbocycles. The summed E-state index contributed by atoms with van der Waals surface area (Å²) in [7, 11) is 1.81. The zero-order chi connectivity index (χ0) is 9.84. The van der Waals surface area contributed by atoms with E-state index in [1.54, 1.807) is 16.8 Å². The van der Waals surface area contributed by atoms with Gasteiger partial charge in [-0.15, -0.1) is 0 Å². The average Bonchev–Trinajstić information content (AvgIpc) is 2.47. The smallest absolute Gasteiger partial charge is 0.352 e. The third kappa shape index (κ3) is 2.24. The van der Waals surface area contributed by atoms with Gasteiger partial charge in [-0.05, 0) is 6.07 Å². The van der Waals surface area contributed by atoms with Gasteiger partial charge < -0.3 is 14.5 Å². The van der Waals surface area contributed by atoms with Gasteiger partial charge in [0.05, 0.1) is 5.56 Å².